The Hall–Kier alpha value is -0.930. The Balaban J connectivity index is 2.13. The molecule has 0 aliphatic carbocycles. The maximum Gasteiger partial charge on any atom is 0.311 e. The van der Waals surface area contributed by atoms with Gasteiger partial charge in [0.2, 0.25) is 6.10 Å². The Kier molecular flexibility index (Phi) is 3.01. The lowest BCUT2D eigenvalue weighted by Crippen LogP contribution is -2.15. The van der Waals surface area contributed by atoms with Gasteiger partial charge in [-0.3, -0.25) is 4.79 Å². The van der Waals surface area contributed by atoms with Crippen molar-refractivity contribution in [3.05, 3.63) is 0 Å². The minimum atomic E-state index is -0.387. The molecule has 0 radical (unpaired) electrons. The highest BCUT2D eigenvalue weighted by Gasteiger charge is 2.24. The molecular weight excluding hydrogens is 144 g/mol. The second-order valence-corrected chi connectivity index (χ2v) is 2.61. The predicted octanol–water partition coefficient (Wildman–Crippen LogP) is 1.86. The molecule has 0 saturated carbocycles. The van der Waals surface area contributed by atoms with Gasteiger partial charge in [-0.1, -0.05) is 24.9 Å². The molecule has 0 N–H and O–H groups in total. The van der Waals surface area contributed by atoms with Gasteiger partial charge in [-0.05, 0) is 12.8 Å². The Labute approximate surface area is 65.6 Å². The normalized spacial score (nSPS) is 22.3. The minimum Gasteiger partial charge on any atom is -0.366 e. The number of hydrogen-bond acceptors (Lipinski definition) is 3. The van der Waals surface area contributed by atoms with Gasteiger partial charge in [0.15, 0.2) is 0 Å². The predicted molar refractivity (Wildman–Crippen MR) is 38.9 cm³/mol. The molecule has 0 spiro atoms. The van der Waals surface area contributed by atoms with E-state index in [2.05, 4.69) is 17.3 Å². The lowest BCUT2D eigenvalue weighted by atomic mass is 10.1. The molecule has 1 unspecified atom stereocenters. The van der Waals surface area contributed by atoms with Crippen LogP contribution in [0.1, 0.15) is 32.6 Å². The molecule has 0 aromatic rings. The Morgan fingerprint density at radius 1 is 1.55 bits per heavy atom. The van der Waals surface area contributed by atoms with Crippen LogP contribution in [0.15, 0.2) is 10.4 Å². The first kappa shape index (κ1) is 8.17. The molecule has 1 atom stereocenters. The lowest BCUT2D eigenvalue weighted by Gasteiger charge is -2.02. The van der Waals surface area contributed by atoms with Gasteiger partial charge < -0.3 is 4.84 Å². The van der Waals surface area contributed by atoms with Crippen LogP contribution in [0.5, 0.6) is 0 Å². The van der Waals surface area contributed by atoms with Crippen LogP contribution in [-0.4, -0.2) is 12.0 Å². The average molecular weight is 156 g/mol. The third-order valence-electron chi connectivity index (χ3n) is 1.66. The largest absolute Gasteiger partial charge is 0.366 e. The molecule has 4 nitrogen and oxygen atoms in total. The average Bonchev–Trinajstić information content (AvgIpc) is 2.37. The van der Waals surface area contributed by atoms with Crippen LogP contribution in [0.4, 0.5) is 0 Å². The van der Waals surface area contributed by atoms with Crippen molar-refractivity contribution in [3.63, 3.8) is 0 Å². The van der Waals surface area contributed by atoms with Gasteiger partial charge in [0.25, 0.3) is 0 Å². The summed E-state index contributed by atoms with van der Waals surface area (Å²) in [6.07, 6.45) is 3.65. The van der Waals surface area contributed by atoms with Crippen molar-refractivity contribution in [2.75, 3.05) is 0 Å². The van der Waals surface area contributed by atoms with Crippen molar-refractivity contribution in [2.45, 2.75) is 38.7 Å². The number of hydrogen-bond donors (Lipinski definition) is 0. The van der Waals surface area contributed by atoms with E-state index in [0.717, 1.165) is 25.7 Å². The van der Waals surface area contributed by atoms with Gasteiger partial charge in [0, 0.05) is 5.28 Å². The van der Waals surface area contributed by atoms with E-state index in [1.165, 1.54) is 0 Å². The Morgan fingerprint density at radius 3 is 2.91 bits per heavy atom. The van der Waals surface area contributed by atoms with Crippen LogP contribution >= 0.6 is 0 Å². The van der Waals surface area contributed by atoms with Crippen LogP contribution in [0.3, 0.4) is 0 Å². The van der Waals surface area contributed by atoms with E-state index in [9.17, 15) is 4.79 Å². The summed E-state index contributed by atoms with van der Waals surface area (Å²) in [5.74, 6) is -0.235. The summed E-state index contributed by atoms with van der Waals surface area (Å²) in [5.41, 5.74) is 0. The maximum absolute atomic E-state index is 10.8. The van der Waals surface area contributed by atoms with Gasteiger partial charge in [-0.25, -0.2) is 0 Å². The number of carbonyl (C=O) groups is 1. The van der Waals surface area contributed by atoms with Crippen LogP contribution in [0.25, 0.3) is 0 Å². The summed E-state index contributed by atoms with van der Waals surface area (Å²) in [5, 5.41) is 6.46. The van der Waals surface area contributed by atoms with Gasteiger partial charge in [0.05, 0.1) is 0 Å². The van der Waals surface area contributed by atoms with E-state index in [1.807, 2.05) is 0 Å². The molecule has 1 aliphatic heterocycles. The van der Waals surface area contributed by atoms with Gasteiger partial charge in [0.1, 0.15) is 0 Å². The highest BCUT2D eigenvalue weighted by Crippen LogP contribution is 2.13. The number of unbranched alkanes of at least 4 members (excludes halogenated alkanes) is 2. The van der Waals surface area contributed by atoms with E-state index in [4.69, 9.17) is 4.84 Å². The standard InChI is InChI=1S/C7H12N2O2/c1-2-3-4-5-6-7(10)8-9-11-6/h6H,2-5H2,1H3. The topological polar surface area (TPSA) is 51.0 Å². The Morgan fingerprint density at radius 2 is 2.36 bits per heavy atom. The van der Waals surface area contributed by atoms with Gasteiger partial charge in [-0.2, -0.15) is 0 Å². The molecule has 4 heteroatoms. The Bertz CT molecular complexity index is 168. The number of rotatable bonds is 4. The molecule has 0 bridgehead atoms. The van der Waals surface area contributed by atoms with E-state index in [1.54, 1.807) is 0 Å². The first-order chi connectivity index (χ1) is 5.34. The second kappa shape index (κ2) is 4.05. The third-order valence-corrected chi connectivity index (χ3v) is 1.66. The summed E-state index contributed by atoms with van der Waals surface area (Å²) < 4.78 is 0. The fraction of sp³-hybridized carbons (Fsp3) is 0.857. The molecule has 0 aromatic carbocycles. The fourth-order valence-corrected chi connectivity index (χ4v) is 0.986. The van der Waals surface area contributed by atoms with Crippen LogP contribution in [0.2, 0.25) is 0 Å². The van der Waals surface area contributed by atoms with Crippen molar-refractivity contribution >= 4 is 5.91 Å². The minimum absolute atomic E-state index is 0.235. The van der Waals surface area contributed by atoms with Gasteiger partial charge >= 0.3 is 5.91 Å². The van der Waals surface area contributed by atoms with E-state index in [0.29, 0.717) is 0 Å². The zero-order chi connectivity index (χ0) is 8.10. The summed E-state index contributed by atoms with van der Waals surface area (Å²) in [6, 6.07) is 0. The molecule has 1 rings (SSSR count). The number of nitrogens with zero attached hydrogens (tertiary/aromatic N) is 2. The molecule has 62 valence electrons. The van der Waals surface area contributed by atoms with Crippen molar-refractivity contribution in [3.8, 4) is 0 Å². The first-order valence-corrected chi connectivity index (χ1v) is 3.95. The highest BCUT2D eigenvalue weighted by molar-refractivity contribution is 5.81. The number of carbonyl (C=O) groups excluding carboxylic acids is 1. The summed E-state index contributed by atoms with van der Waals surface area (Å²) in [7, 11) is 0. The van der Waals surface area contributed by atoms with Crippen LogP contribution in [0, 0.1) is 0 Å². The quantitative estimate of drug-likeness (QED) is 0.583. The highest BCUT2D eigenvalue weighted by atomic mass is 16.7. The molecule has 1 aliphatic rings. The second-order valence-electron chi connectivity index (χ2n) is 2.61. The zero-order valence-corrected chi connectivity index (χ0v) is 6.62. The molecule has 0 aromatic heterocycles. The van der Waals surface area contributed by atoms with Crippen LogP contribution < -0.4 is 0 Å². The van der Waals surface area contributed by atoms with E-state index >= 15 is 0 Å². The van der Waals surface area contributed by atoms with Crippen molar-refractivity contribution in [1.29, 1.82) is 0 Å². The SMILES string of the molecule is CCCCCC1ON=NC1=O. The lowest BCUT2D eigenvalue weighted by molar-refractivity contribution is -0.124. The van der Waals surface area contributed by atoms with Crippen molar-refractivity contribution in [2.24, 2.45) is 10.4 Å². The summed E-state index contributed by atoms with van der Waals surface area (Å²) >= 11 is 0. The molecule has 1 heterocycles. The molecule has 0 fully saturated rings. The van der Waals surface area contributed by atoms with E-state index in [-0.39, 0.29) is 12.0 Å². The third kappa shape index (κ3) is 2.29. The van der Waals surface area contributed by atoms with Crippen molar-refractivity contribution in [1.82, 2.24) is 0 Å². The maximum atomic E-state index is 10.8. The summed E-state index contributed by atoms with van der Waals surface area (Å²) in [4.78, 5) is 15.5. The smallest absolute Gasteiger partial charge is 0.311 e. The van der Waals surface area contributed by atoms with Crippen molar-refractivity contribution < 1.29 is 9.63 Å². The van der Waals surface area contributed by atoms with Gasteiger partial charge in [-0.15, -0.1) is 0 Å². The molecule has 0 saturated heterocycles. The molecule has 11 heavy (non-hydrogen) atoms. The first-order valence-electron chi connectivity index (χ1n) is 3.95. The monoisotopic (exact) mass is 156 g/mol. The van der Waals surface area contributed by atoms with E-state index < -0.39 is 0 Å². The zero-order valence-electron chi connectivity index (χ0n) is 6.62. The number of amides is 1. The molecule has 1 amide bonds. The fourth-order valence-electron chi connectivity index (χ4n) is 0.986. The molecular formula is C7H12N2O2. The van der Waals surface area contributed by atoms with Crippen LogP contribution in [-0.2, 0) is 9.63 Å². The summed E-state index contributed by atoms with van der Waals surface area (Å²) in [6.45, 7) is 2.12.